The second-order valence-corrected chi connectivity index (χ2v) is 8.21. The molecule has 0 unspecified atom stereocenters. The van der Waals surface area contributed by atoms with E-state index in [-0.39, 0.29) is 23.6 Å². The highest BCUT2D eigenvalue weighted by molar-refractivity contribution is 9.10. The first-order valence-electron chi connectivity index (χ1n) is 8.18. The van der Waals surface area contributed by atoms with E-state index >= 15 is 0 Å². The zero-order valence-corrected chi connectivity index (χ0v) is 16.7. The highest BCUT2D eigenvalue weighted by Crippen LogP contribution is 2.22. The van der Waals surface area contributed by atoms with Gasteiger partial charge in [0.15, 0.2) is 0 Å². The minimum atomic E-state index is -0.455. The summed E-state index contributed by atoms with van der Waals surface area (Å²) >= 11 is 3.20. The van der Waals surface area contributed by atoms with Gasteiger partial charge in [-0.25, -0.2) is 4.39 Å². The summed E-state index contributed by atoms with van der Waals surface area (Å²) in [7, 11) is 1.87. The molecule has 25 heavy (non-hydrogen) atoms. The summed E-state index contributed by atoms with van der Waals surface area (Å²) in [5.74, 6) is -0.696. The number of anilines is 1. The van der Waals surface area contributed by atoms with Crippen LogP contribution in [0.15, 0.2) is 46.9 Å². The fourth-order valence-corrected chi connectivity index (χ4v) is 2.84. The molecular formula is C20H24BrFN2O. The molecule has 0 atom stereocenters. The SMILES string of the molecule is CN(CC(=O)Nc1ccc(Br)cc1F)Cc1ccc(C(C)(C)C)cc1. The fraction of sp³-hybridized carbons (Fsp3) is 0.350. The lowest BCUT2D eigenvalue weighted by atomic mass is 9.87. The van der Waals surface area contributed by atoms with Gasteiger partial charge in [-0.15, -0.1) is 0 Å². The molecule has 5 heteroatoms. The topological polar surface area (TPSA) is 32.3 Å². The Bertz CT molecular complexity index is 738. The zero-order chi connectivity index (χ0) is 18.6. The van der Waals surface area contributed by atoms with Crippen molar-refractivity contribution in [2.75, 3.05) is 18.9 Å². The number of likely N-dealkylation sites (N-methyl/N-ethyl adjacent to an activating group) is 1. The van der Waals surface area contributed by atoms with Crippen LogP contribution in [0.2, 0.25) is 0 Å². The van der Waals surface area contributed by atoms with Crippen molar-refractivity contribution in [1.82, 2.24) is 4.90 Å². The van der Waals surface area contributed by atoms with Crippen molar-refractivity contribution in [3.8, 4) is 0 Å². The smallest absolute Gasteiger partial charge is 0.238 e. The van der Waals surface area contributed by atoms with E-state index in [1.807, 2.05) is 11.9 Å². The normalized spacial score (nSPS) is 11.6. The number of nitrogens with zero attached hydrogens (tertiary/aromatic N) is 1. The van der Waals surface area contributed by atoms with Gasteiger partial charge in [0.25, 0.3) is 0 Å². The van der Waals surface area contributed by atoms with Crippen LogP contribution < -0.4 is 5.32 Å². The quantitative estimate of drug-likeness (QED) is 0.760. The number of hydrogen-bond donors (Lipinski definition) is 1. The maximum absolute atomic E-state index is 13.8. The first kappa shape index (κ1) is 19.6. The average molecular weight is 407 g/mol. The van der Waals surface area contributed by atoms with Crippen LogP contribution in [0, 0.1) is 5.82 Å². The predicted octanol–water partition coefficient (Wildman–Crippen LogP) is 4.96. The van der Waals surface area contributed by atoms with Crippen LogP contribution in [0.4, 0.5) is 10.1 Å². The van der Waals surface area contributed by atoms with Crippen LogP contribution in [0.3, 0.4) is 0 Å². The number of rotatable bonds is 5. The Hall–Kier alpha value is -1.72. The van der Waals surface area contributed by atoms with Crippen LogP contribution in [-0.2, 0) is 16.8 Å². The van der Waals surface area contributed by atoms with E-state index in [2.05, 4.69) is 66.3 Å². The molecule has 0 fully saturated rings. The van der Waals surface area contributed by atoms with Crippen LogP contribution >= 0.6 is 15.9 Å². The molecule has 0 aliphatic heterocycles. The predicted molar refractivity (Wildman–Crippen MR) is 104 cm³/mol. The number of carbonyl (C=O) groups is 1. The molecule has 0 heterocycles. The fourth-order valence-electron chi connectivity index (χ4n) is 2.50. The summed E-state index contributed by atoms with van der Waals surface area (Å²) in [4.78, 5) is 14.0. The van der Waals surface area contributed by atoms with Crippen molar-refractivity contribution < 1.29 is 9.18 Å². The summed E-state index contributed by atoms with van der Waals surface area (Å²) in [6.07, 6.45) is 0. The van der Waals surface area contributed by atoms with E-state index < -0.39 is 5.82 Å². The van der Waals surface area contributed by atoms with Gasteiger partial charge in [-0.1, -0.05) is 61.0 Å². The van der Waals surface area contributed by atoms with Gasteiger partial charge in [-0.05, 0) is 41.8 Å². The lowest BCUT2D eigenvalue weighted by Gasteiger charge is -2.20. The molecule has 3 nitrogen and oxygen atoms in total. The lowest BCUT2D eigenvalue weighted by molar-refractivity contribution is -0.117. The highest BCUT2D eigenvalue weighted by atomic mass is 79.9. The Morgan fingerprint density at radius 2 is 1.80 bits per heavy atom. The number of carbonyl (C=O) groups excluding carboxylic acids is 1. The van der Waals surface area contributed by atoms with E-state index in [9.17, 15) is 9.18 Å². The Balaban J connectivity index is 1.91. The minimum Gasteiger partial charge on any atom is -0.322 e. The lowest BCUT2D eigenvalue weighted by Crippen LogP contribution is -2.30. The zero-order valence-electron chi connectivity index (χ0n) is 15.1. The molecule has 1 amide bonds. The molecule has 0 saturated carbocycles. The number of halogens is 2. The minimum absolute atomic E-state index is 0.124. The van der Waals surface area contributed by atoms with Gasteiger partial charge in [0, 0.05) is 11.0 Å². The second-order valence-electron chi connectivity index (χ2n) is 7.29. The van der Waals surface area contributed by atoms with Crippen molar-refractivity contribution in [3.63, 3.8) is 0 Å². The monoisotopic (exact) mass is 406 g/mol. The molecule has 0 bridgehead atoms. The molecule has 0 aliphatic rings. The highest BCUT2D eigenvalue weighted by Gasteiger charge is 2.14. The summed E-state index contributed by atoms with van der Waals surface area (Å²) < 4.78 is 14.4. The largest absolute Gasteiger partial charge is 0.322 e. The molecule has 2 aromatic rings. The number of amides is 1. The molecule has 0 spiro atoms. The van der Waals surface area contributed by atoms with Gasteiger partial charge in [-0.2, -0.15) is 0 Å². The van der Waals surface area contributed by atoms with E-state index in [1.54, 1.807) is 12.1 Å². The first-order valence-corrected chi connectivity index (χ1v) is 8.97. The molecule has 134 valence electrons. The van der Waals surface area contributed by atoms with Crippen LogP contribution in [-0.4, -0.2) is 24.4 Å². The third-order valence-corrected chi connectivity index (χ3v) is 4.38. The Labute approximate surface area is 157 Å². The Morgan fingerprint density at radius 1 is 1.16 bits per heavy atom. The molecule has 0 radical (unpaired) electrons. The Kier molecular flexibility index (Phi) is 6.36. The van der Waals surface area contributed by atoms with Gasteiger partial charge >= 0.3 is 0 Å². The van der Waals surface area contributed by atoms with E-state index in [4.69, 9.17) is 0 Å². The van der Waals surface area contributed by atoms with Crippen LogP contribution in [0.1, 0.15) is 31.9 Å². The molecule has 0 aliphatic carbocycles. The maximum atomic E-state index is 13.8. The van der Waals surface area contributed by atoms with Gasteiger partial charge in [-0.3, -0.25) is 9.69 Å². The molecule has 2 rings (SSSR count). The van der Waals surface area contributed by atoms with Gasteiger partial charge in [0.1, 0.15) is 5.82 Å². The van der Waals surface area contributed by atoms with E-state index in [0.29, 0.717) is 11.0 Å². The average Bonchev–Trinajstić information content (AvgIpc) is 2.49. The van der Waals surface area contributed by atoms with E-state index in [0.717, 1.165) is 5.56 Å². The third kappa shape index (κ3) is 5.94. The second kappa shape index (κ2) is 8.11. The van der Waals surface area contributed by atoms with Gasteiger partial charge < -0.3 is 5.32 Å². The van der Waals surface area contributed by atoms with Crippen molar-refractivity contribution in [3.05, 3.63) is 63.9 Å². The van der Waals surface area contributed by atoms with Crippen molar-refractivity contribution >= 4 is 27.5 Å². The third-order valence-electron chi connectivity index (χ3n) is 3.89. The molecule has 2 aromatic carbocycles. The molecular weight excluding hydrogens is 383 g/mol. The summed E-state index contributed by atoms with van der Waals surface area (Å²) in [5, 5.41) is 2.61. The molecule has 1 N–H and O–H groups in total. The Morgan fingerprint density at radius 3 is 2.36 bits per heavy atom. The first-order chi connectivity index (χ1) is 11.6. The van der Waals surface area contributed by atoms with Gasteiger partial charge in [0.2, 0.25) is 5.91 Å². The number of hydrogen-bond acceptors (Lipinski definition) is 2. The standard InChI is InChI=1S/C20H24BrFN2O/c1-20(2,3)15-7-5-14(6-8-15)12-24(4)13-19(25)23-18-10-9-16(21)11-17(18)22/h5-11H,12-13H2,1-4H3,(H,23,25). The summed E-state index contributed by atoms with van der Waals surface area (Å²) in [5.41, 5.74) is 2.73. The van der Waals surface area contributed by atoms with E-state index in [1.165, 1.54) is 11.6 Å². The number of nitrogens with one attached hydrogen (secondary N) is 1. The summed E-state index contributed by atoms with van der Waals surface area (Å²) in [6.45, 7) is 7.39. The maximum Gasteiger partial charge on any atom is 0.238 e. The van der Waals surface area contributed by atoms with Crippen molar-refractivity contribution in [2.45, 2.75) is 32.7 Å². The molecule has 0 saturated heterocycles. The van der Waals surface area contributed by atoms with Gasteiger partial charge in [0.05, 0.1) is 12.2 Å². The van der Waals surface area contributed by atoms with Crippen LogP contribution in [0.5, 0.6) is 0 Å². The van der Waals surface area contributed by atoms with Crippen molar-refractivity contribution in [2.24, 2.45) is 0 Å². The van der Waals surface area contributed by atoms with Crippen molar-refractivity contribution in [1.29, 1.82) is 0 Å². The van der Waals surface area contributed by atoms with Crippen LogP contribution in [0.25, 0.3) is 0 Å². The molecule has 0 aromatic heterocycles. The number of benzene rings is 2. The summed E-state index contributed by atoms with van der Waals surface area (Å²) in [6, 6.07) is 13.0.